The monoisotopic (exact) mass is 436 g/mol. The van der Waals surface area contributed by atoms with Crippen LogP contribution in [0, 0.1) is 35.2 Å². The fourth-order valence-electron chi connectivity index (χ4n) is 5.87. The first kappa shape index (κ1) is 19.6. The van der Waals surface area contributed by atoms with E-state index in [0.29, 0.717) is 51.2 Å². The second-order valence-electron chi connectivity index (χ2n) is 9.25. The molecular formula is C25H23F3N4. The Balaban J connectivity index is 1.52. The molecule has 3 aliphatic carbocycles. The lowest BCUT2D eigenvalue weighted by Gasteiger charge is -2.47. The van der Waals surface area contributed by atoms with E-state index in [1.54, 1.807) is 18.3 Å². The molecule has 4 nitrogen and oxygen atoms in total. The number of halogens is 3. The lowest BCUT2D eigenvalue weighted by Crippen LogP contribution is -2.47. The number of nitrogens with zero attached hydrogens (tertiary/aromatic N) is 2. The number of benzene rings is 2. The maximum absolute atomic E-state index is 14.9. The maximum Gasteiger partial charge on any atom is 0.164 e. The third-order valence-corrected chi connectivity index (χ3v) is 7.56. The van der Waals surface area contributed by atoms with Gasteiger partial charge in [-0.2, -0.15) is 0 Å². The first-order chi connectivity index (χ1) is 15.5. The summed E-state index contributed by atoms with van der Waals surface area (Å²) in [5.41, 5.74) is 1.13. The molecule has 0 radical (unpaired) electrons. The highest BCUT2D eigenvalue weighted by Crippen LogP contribution is 2.46. The molecule has 0 amide bonds. The van der Waals surface area contributed by atoms with E-state index in [9.17, 15) is 13.2 Å². The second kappa shape index (κ2) is 7.22. The van der Waals surface area contributed by atoms with Crippen LogP contribution in [0.3, 0.4) is 0 Å². The number of fused-ring (bicyclic) bond motifs is 5. The van der Waals surface area contributed by atoms with E-state index in [1.807, 2.05) is 0 Å². The molecular weight excluding hydrogens is 413 g/mol. The van der Waals surface area contributed by atoms with Gasteiger partial charge in [0, 0.05) is 29.3 Å². The molecule has 2 unspecified atom stereocenters. The Labute approximate surface area is 183 Å². The summed E-state index contributed by atoms with van der Waals surface area (Å²) < 4.78 is 43.1. The van der Waals surface area contributed by atoms with Gasteiger partial charge in [0.25, 0.3) is 0 Å². The number of hydrogen-bond acceptors (Lipinski definition) is 3. The molecule has 0 aliphatic heterocycles. The number of hydrogen-bond donors (Lipinski definition) is 2. The highest BCUT2D eigenvalue weighted by Gasteiger charge is 2.41. The van der Waals surface area contributed by atoms with E-state index < -0.39 is 11.6 Å². The number of anilines is 1. The Bertz CT molecular complexity index is 1340. The molecule has 2 heterocycles. The van der Waals surface area contributed by atoms with Gasteiger partial charge in [-0.05, 0) is 61.6 Å². The first-order valence-electron chi connectivity index (χ1n) is 11.2. The van der Waals surface area contributed by atoms with Crippen LogP contribution in [-0.2, 0) is 0 Å². The number of nitrogens with one attached hydrogen (secondary N) is 2. The van der Waals surface area contributed by atoms with Crippen molar-refractivity contribution in [1.82, 2.24) is 15.0 Å². The molecule has 2 N–H and O–H groups in total. The van der Waals surface area contributed by atoms with Gasteiger partial charge in [-0.25, -0.2) is 23.1 Å². The minimum atomic E-state index is -0.677. The summed E-state index contributed by atoms with van der Waals surface area (Å²) in [4.78, 5) is 12.1. The average molecular weight is 436 g/mol. The summed E-state index contributed by atoms with van der Waals surface area (Å²) in [6, 6.07) is 7.07. The summed E-state index contributed by atoms with van der Waals surface area (Å²) in [6.07, 6.45) is 6.42. The summed E-state index contributed by atoms with van der Waals surface area (Å²) in [6.45, 7) is 2.26. The molecule has 4 aromatic rings. The topological polar surface area (TPSA) is 53.6 Å². The zero-order chi connectivity index (χ0) is 22.0. The van der Waals surface area contributed by atoms with E-state index in [2.05, 4.69) is 22.2 Å². The van der Waals surface area contributed by atoms with Gasteiger partial charge in [0.1, 0.15) is 23.3 Å². The van der Waals surface area contributed by atoms with Gasteiger partial charge < -0.3 is 10.3 Å². The van der Waals surface area contributed by atoms with E-state index in [1.165, 1.54) is 37.8 Å². The van der Waals surface area contributed by atoms with Crippen molar-refractivity contribution in [2.75, 3.05) is 5.32 Å². The van der Waals surface area contributed by atoms with E-state index in [0.717, 1.165) is 6.07 Å². The van der Waals surface area contributed by atoms with Gasteiger partial charge in [-0.3, -0.25) is 0 Å². The Morgan fingerprint density at radius 1 is 0.969 bits per heavy atom. The Kier molecular flexibility index (Phi) is 4.42. The summed E-state index contributed by atoms with van der Waals surface area (Å²) in [5.74, 6) is 0.687. The summed E-state index contributed by atoms with van der Waals surface area (Å²) in [7, 11) is 0. The molecule has 3 fully saturated rings. The summed E-state index contributed by atoms with van der Waals surface area (Å²) >= 11 is 0. The minimum Gasteiger partial charge on any atom is -0.366 e. The molecule has 7 heteroatoms. The van der Waals surface area contributed by atoms with Gasteiger partial charge in [0.2, 0.25) is 0 Å². The lowest BCUT2D eigenvalue weighted by atomic mass is 9.62. The van der Waals surface area contributed by atoms with Gasteiger partial charge in [0.15, 0.2) is 5.82 Å². The van der Waals surface area contributed by atoms with Crippen molar-refractivity contribution in [3.8, 4) is 11.4 Å². The molecule has 7 rings (SSSR count). The minimum absolute atomic E-state index is 0.192. The molecule has 32 heavy (non-hydrogen) atoms. The average Bonchev–Trinajstić information content (AvgIpc) is 3.20. The van der Waals surface area contributed by atoms with Crippen molar-refractivity contribution >= 4 is 27.6 Å². The third-order valence-electron chi connectivity index (χ3n) is 7.56. The van der Waals surface area contributed by atoms with Crippen molar-refractivity contribution < 1.29 is 13.2 Å². The SMILES string of the molecule is CC1C2CCC(CC2)C1Nc1nc(-c2c[nH]c3c(F)cc(F)cc23)nc2cccc(F)c12. The van der Waals surface area contributed by atoms with Crippen molar-refractivity contribution in [3.63, 3.8) is 0 Å². The number of aromatic nitrogens is 3. The summed E-state index contributed by atoms with van der Waals surface area (Å²) in [5, 5.41) is 4.27. The van der Waals surface area contributed by atoms with Crippen molar-refractivity contribution in [1.29, 1.82) is 0 Å². The number of H-pyrrole nitrogens is 1. The molecule has 0 saturated heterocycles. The third kappa shape index (κ3) is 2.98. The Hall–Kier alpha value is -3.09. The van der Waals surface area contributed by atoms with Crippen LogP contribution >= 0.6 is 0 Å². The van der Waals surface area contributed by atoms with E-state index in [-0.39, 0.29) is 17.4 Å². The highest BCUT2D eigenvalue weighted by atomic mass is 19.1. The Morgan fingerprint density at radius 3 is 2.53 bits per heavy atom. The first-order valence-corrected chi connectivity index (χ1v) is 11.2. The van der Waals surface area contributed by atoms with Crippen LogP contribution in [0.5, 0.6) is 0 Å². The molecule has 2 atom stereocenters. The highest BCUT2D eigenvalue weighted by molar-refractivity contribution is 5.97. The lowest BCUT2D eigenvalue weighted by molar-refractivity contribution is 0.0928. The fourth-order valence-corrected chi connectivity index (χ4v) is 5.87. The standard InChI is InChI=1S/C25H23F3N4/c1-12-13-5-7-14(8-6-13)22(12)31-25-21-18(27)3-2-4-20(21)30-24(32-25)17-11-29-23-16(17)9-15(26)10-19(23)28/h2-4,9-14,22,29H,5-8H2,1H3,(H,30,31,32). The van der Waals surface area contributed by atoms with Crippen LogP contribution in [0.15, 0.2) is 36.5 Å². The van der Waals surface area contributed by atoms with Crippen LogP contribution in [0.2, 0.25) is 0 Å². The van der Waals surface area contributed by atoms with Gasteiger partial charge in [-0.1, -0.05) is 13.0 Å². The van der Waals surface area contributed by atoms with Crippen LogP contribution in [0.4, 0.5) is 19.0 Å². The maximum atomic E-state index is 14.9. The van der Waals surface area contributed by atoms with E-state index in [4.69, 9.17) is 4.98 Å². The second-order valence-corrected chi connectivity index (χ2v) is 9.25. The molecule has 3 aliphatic rings. The molecule has 2 bridgehead atoms. The largest absolute Gasteiger partial charge is 0.366 e. The molecule has 164 valence electrons. The smallest absolute Gasteiger partial charge is 0.164 e. The number of rotatable bonds is 3. The zero-order valence-corrected chi connectivity index (χ0v) is 17.6. The predicted molar refractivity (Wildman–Crippen MR) is 119 cm³/mol. The van der Waals surface area contributed by atoms with Crippen LogP contribution in [-0.4, -0.2) is 21.0 Å². The van der Waals surface area contributed by atoms with Crippen molar-refractivity contribution in [2.45, 2.75) is 38.6 Å². The van der Waals surface area contributed by atoms with Crippen molar-refractivity contribution in [3.05, 3.63) is 54.0 Å². The fraction of sp³-hybridized carbons (Fsp3) is 0.360. The normalized spacial score (nSPS) is 25.0. The van der Waals surface area contributed by atoms with Gasteiger partial charge in [-0.15, -0.1) is 0 Å². The Morgan fingerprint density at radius 2 is 1.75 bits per heavy atom. The van der Waals surface area contributed by atoms with Gasteiger partial charge >= 0.3 is 0 Å². The van der Waals surface area contributed by atoms with E-state index >= 15 is 0 Å². The van der Waals surface area contributed by atoms with Crippen molar-refractivity contribution in [2.24, 2.45) is 17.8 Å². The molecule has 2 aromatic carbocycles. The molecule has 3 saturated carbocycles. The zero-order valence-electron chi connectivity index (χ0n) is 17.6. The van der Waals surface area contributed by atoms with Crippen LogP contribution < -0.4 is 5.32 Å². The molecule has 2 aromatic heterocycles. The quantitative estimate of drug-likeness (QED) is 0.389. The molecule has 0 spiro atoms. The predicted octanol–water partition coefficient (Wildman–Crippen LogP) is 6.43. The number of aromatic amines is 1. The van der Waals surface area contributed by atoms with Crippen LogP contribution in [0.1, 0.15) is 32.6 Å². The van der Waals surface area contributed by atoms with Gasteiger partial charge in [0.05, 0.1) is 16.4 Å². The van der Waals surface area contributed by atoms with Crippen LogP contribution in [0.25, 0.3) is 33.2 Å².